The topological polar surface area (TPSA) is 98.6 Å². The second kappa shape index (κ2) is 12.1. The summed E-state index contributed by atoms with van der Waals surface area (Å²) in [5.74, 6) is 1.18. The number of methoxy groups -OCH3 is 2. The molecule has 9 heteroatoms. The van der Waals surface area contributed by atoms with Gasteiger partial charge in [0.25, 0.3) is 0 Å². The summed E-state index contributed by atoms with van der Waals surface area (Å²) in [5, 5.41) is 11.5. The second-order valence-electron chi connectivity index (χ2n) is 9.96. The van der Waals surface area contributed by atoms with Crippen LogP contribution >= 0.6 is 0 Å². The van der Waals surface area contributed by atoms with Crippen molar-refractivity contribution in [3.63, 3.8) is 0 Å². The molecular formula is C28H37N5O4. The number of nitrogens with zero attached hydrogens (tertiary/aromatic N) is 4. The van der Waals surface area contributed by atoms with Gasteiger partial charge in [0.05, 0.1) is 19.7 Å². The highest BCUT2D eigenvalue weighted by molar-refractivity contribution is 5.90. The molecule has 0 bridgehead atoms. The first-order valence-electron chi connectivity index (χ1n) is 13.0. The van der Waals surface area contributed by atoms with Crippen LogP contribution in [-0.4, -0.2) is 58.5 Å². The number of carbonyl (C=O) groups is 2. The summed E-state index contributed by atoms with van der Waals surface area (Å²) < 4.78 is 12.7. The van der Waals surface area contributed by atoms with Gasteiger partial charge in [0.15, 0.2) is 0 Å². The van der Waals surface area contributed by atoms with E-state index in [1.165, 1.54) is 0 Å². The van der Waals surface area contributed by atoms with Gasteiger partial charge in [0.2, 0.25) is 11.8 Å². The van der Waals surface area contributed by atoms with Crippen molar-refractivity contribution in [2.24, 2.45) is 5.92 Å². The zero-order valence-corrected chi connectivity index (χ0v) is 22.1. The van der Waals surface area contributed by atoms with Crippen LogP contribution in [0.5, 0.6) is 11.5 Å². The molecule has 198 valence electrons. The summed E-state index contributed by atoms with van der Waals surface area (Å²) in [6.07, 6.45) is 4.57. The van der Waals surface area contributed by atoms with E-state index in [9.17, 15) is 9.59 Å². The molecule has 4 rings (SSSR count). The summed E-state index contributed by atoms with van der Waals surface area (Å²) in [6, 6.07) is 12.0. The fourth-order valence-electron chi connectivity index (χ4n) is 5.03. The Hall–Kier alpha value is -3.62. The summed E-state index contributed by atoms with van der Waals surface area (Å²) in [6.45, 7) is 4.76. The first-order chi connectivity index (χ1) is 17.9. The predicted octanol–water partition coefficient (Wildman–Crippen LogP) is 4.12. The molecule has 1 atom stereocenters. The van der Waals surface area contributed by atoms with E-state index in [4.69, 9.17) is 9.47 Å². The Labute approximate surface area is 218 Å². The molecular weight excluding hydrogens is 470 g/mol. The van der Waals surface area contributed by atoms with Crippen LogP contribution in [0.15, 0.2) is 42.5 Å². The summed E-state index contributed by atoms with van der Waals surface area (Å²) >= 11 is 0. The molecule has 0 unspecified atom stereocenters. The van der Waals surface area contributed by atoms with Gasteiger partial charge in [-0.15, -0.1) is 5.10 Å². The Kier molecular flexibility index (Phi) is 8.63. The minimum atomic E-state index is -0.849. The van der Waals surface area contributed by atoms with Crippen molar-refractivity contribution < 1.29 is 19.1 Å². The lowest BCUT2D eigenvalue weighted by Crippen LogP contribution is -2.49. The van der Waals surface area contributed by atoms with Crippen LogP contribution in [0.2, 0.25) is 0 Å². The number of carbonyl (C=O) groups excluding carboxylic acids is 2. The van der Waals surface area contributed by atoms with Crippen LogP contribution in [0.1, 0.15) is 57.6 Å². The number of amides is 2. The Morgan fingerprint density at radius 2 is 1.86 bits per heavy atom. The molecule has 2 amide bonds. The van der Waals surface area contributed by atoms with Gasteiger partial charge < -0.3 is 19.7 Å². The monoisotopic (exact) mass is 507 g/mol. The van der Waals surface area contributed by atoms with E-state index in [2.05, 4.69) is 29.5 Å². The maximum Gasteiger partial charge on any atom is 0.247 e. The van der Waals surface area contributed by atoms with Crippen molar-refractivity contribution in [2.75, 3.05) is 20.8 Å². The van der Waals surface area contributed by atoms with Crippen LogP contribution in [0.4, 0.5) is 0 Å². The molecule has 37 heavy (non-hydrogen) atoms. The smallest absolute Gasteiger partial charge is 0.247 e. The van der Waals surface area contributed by atoms with Crippen molar-refractivity contribution in [1.82, 2.24) is 25.2 Å². The van der Waals surface area contributed by atoms with Crippen molar-refractivity contribution >= 4 is 22.8 Å². The van der Waals surface area contributed by atoms with E-state index in [-0.39, 0.29) is 24.4 Å². The lowest BCUT2D eigenvalue weighted by Gasteiger charge is -2.36. The summed E-state index contributed by atoms with van der Waals surface area (Å²) in [7, 11) is 3.15. The highest BCUT2D eigenvalue weighted by atomic mass is 16.5. The van der Waals surface area contributed by atoms with E-state index in [1.807, 2.05) is 30.3 Å². The number of fused-ring (bicyclic) bond motifs is 1. The van der Waals surface area contributed by atoms with Crippen molar-refractivity contribution in [1.29, 1.82) is 0 Å². The van der Waals surface area contributed by atoms with Crippen LogP contribution in [0.25, 0.3) is 11.0 Å². The third-order valence-electron chi connectivity index (χ3n) is 6.99. The van der Waals surface area contributed by atoms with Gasteiger partial charge in [-0.3, -0.25) is 9.59 Å². The minimum Gasteiger partial charge on any atom is -0.497 e. The summed E-state index contributed by atoms with van der Waals surface area (Å²) in [4.78, 5) is 29.7. The summed E-state index contributed by atoms with van der Waals surface area (Å²) in [5.41, 5.74) is 2.14. The van der Waals surface area contributed by atoms with Gasteiger partial charge >= 0.3 is 0 Å². The number of hydrogen-bond acceptors (Lipinski definition) is 6. The molecule has 3 aromatic rings. The minimum absolute atomic E-state index is 0.00867. The fourth-order valence-corrected chi connectivity index (χ4v) is 5.03. The second-order valence-corrected chi connectivity index (χ2v) is 9.96. The largest absolute Gasteiger partial charge is 0.497 e. The number of aromatic nitrogens is 3. The third kappa shape index (κ3) is 6.03. The van der Waals surface area contributed by atoms with Gasteiger partial charge in [-0.2, -0.15) is 0 Å². The van der Waals surface area contributed by atoms with Crippen molar-refractivity contribution in [2.45, 2.75) is 64.6 Å². The fraction of sp³-hybridized carbons (Fsp3) is 0.500. The molecule has 0 aliphatic heterocycles. The quantitative estimate of drug-likeness (QED) is 0.419. The van der Waals surface area contributed by atoms with Crippen LogP contribution in [0.3, 0.4) is 0 Å². The van der Waals surface area contributed by atoms with Gasteiger partial charge in [-0.1, -0.05) is 44.0 Å². The predicted molar refractivity (Wildman–Crippen MR) is 141 cm³/mol. The van der Waals surface area contributed by atoms with E-state index in [1.54, 1.807) is 35.9 Å². The first kappa shape index (κ1) is 26.4. The number of nitrogens with one attached hydrogen (secondary N) is 1. The lowest BCUT2D eigenvalue weighted by atomic mass is 9.99. The van der Waals surface area contributed by atoms with Gasteiger partial charge in [0, 0.05) is 24.2 Å². The average molecular weight is 508 g/mol. The Morgan fingerprint density at radius 3 is 2.57 bits per heavy atom. The molecule has 2 aromatic carbocycles. The van der Waals surface area contributed by atoms with E-state index >= 15 is 0 Å². The van der Waals surface area contributed by atoms with Crippen LogP contribution in [-0.2, 0) is 16.1 Å². The highest BCUT2D eigenvalue weighted by Gasteiger charge is 2.39. The normalized spacial score (nSPS) is 14.6. The van der Waals surface area contributed by atoms with Gasteiger partial charge in [-0.25, -0.2) is 4.68 Å². The molecule has 1 aliphatic carbocycles. The Bertz CT molecular complexity index is 1220. The molecule has 1 fully saturated rings. The van der Waals surface area contributed by atoms with Crippen molar-refractivity contribution in [3.8, 4) is 11.5 Å². The Balaban J connectivity index is 1.74. The SMILES string of the molecule is COc1ccc([C@H](C(=O)NCCC(C)C)N(C(=O)Cn2nnc3ccccc32)C2CCCC2)c(OC)c1. The standard InChI is InChI=1S/C28H37N5O4/c1-19(2)15-16-29-28(35)27(22-14-13-21(36-3)17-25(22)37-4)33(20-9-5-6-10-20)26(34)18-32-24-12-8-7-11-23(24)30-31-32/h7-8,11-14,17,19-20,27H,5-6,9-10,15-16,18H2,1-4H3,(H,29,35)/t27-/m1/s1. The molecule has 0 spiro atoms. The lowest BCUT2D eigenvalue weighted by molar-refractivity contribution is -0.144. The van der Waals surface area contributed by atoms with E-state index in [0.29, 0.717) is 29.5 Å². The number of hydrogen-bond donors (Lipinski definition) is 1. The average Bonchev–Trinajstić information content (AvgIpc) is 3.57. The molecule has 1 saturated carbocycles. The van der Waals surface area contributed by atoms with Gasteiger partial charge in [-0.05, 0) is 49.4 Å². The highest BCUT2D eigenvalue weighted by Crippen LogP contribution is 2.37. The number of para-hydroxylation sites is 1. The van der Waals surface area contributed by atoms with Crippen molar-refractivity contribution in [3.05, 3.63) is 48.0 Å². The van der Waals surface area contributed by atoms with E-state index in [0.717, 1.165) is 43.1 Å². The number of ether oxygens (including phenoxy) is 2. The molecule has 9 nitrogen and oxygen atoms in total. The Morgan fingerprint density at radius 1 is 1.11 bits per heavy atom. The van der Waals surface area contributed by atoms with Crippen LogP contribution in [0, 0.1) is 5.92 Å². The number of benzene rings is 2. The molecule has 1 heterocycles. The third-order valence-corrected chi connectivity index (χ3v) is 6.99. The van der Waals surface area contributed by atoms with Gasteiger partial charge in [0.1, 0.15) is 29.6 Å². The first-order valence-corrected chi connectivity index (χ1v) is 13.0. The molecule has 1 aromatic heterocycles. The van der Waals surface area contributed by atoms with E-state index < -0.39 is 6.04 Å². The molecule has 1 N–H and O–H groups in total. The maximum absolute atomic E-state index is 14.1. The zero-order valence-electron chi connectivity index (χ0n) is 22.1. The molecule has 1 aliphatic rings. The maximum atomic E-state index is 14.1. The molecule has 0 saturated heterocycles. The molecule has 0 radical (unpaired) electrons. The number of rotatable bonds is 11. The zero-order chi connectivity index (χ0) is 26.4. The van der Waals surface area contributed by atoms with Crippen LogP contribution < -0.4 is 14.8 Å².